The summed E-state index contributed by atoms with van der Waals surface area (Å²) in [6.45, 7) is 2.22. The summed E-state index contributed by atoms with van der Waals surface area (Å²) in [7, 11) is 3.19. The maximum absolute atomic E-state index is 12.6. The molecule has 0 aliphatic carbocycles. The van der Waals surface area contributed by atoms with Crippen molar-refractivity contribution >= 4 is 21.8 Å². The molecule has 2 aromatic carbocycles. The van der Waals surface area contributed by atoms with Gasteiger partial charge in [0.2, 0.25) is 0 Å². The van der Waals surface area contributed by atoms with Gasteiger partial charge in [-0.3, -0.25) is 4.79 Å². The second-order valence-corrected chi connectivity index (χ2v) is 6.81. The van der Waals surface area contributed by atoms with Crippen molar-refractivity contribution in [3.05, 3.63) is 70.0 Å². The van der Waals surface area contributed by atoms with E-state index in [1.165, 1.54) is 0 Å². The van der Waals surface area contributed by atoms with Crippen molar-refractivity contribution < 1.29 is 14.3 Å². The van der Waals surface area contributed by atoms with E-state index >= 15 is 0 Å². The van der Waals surface area contributed by atoms with E-state index in [0.717, 1.165) is 21.4 Å². The van der Waals surface area contributed by atoms with Crippen LogP contribution < -0.4 is 14.8 Å². The number of ether oxygens (including phenoxy) is 2. The minimum absolute atomic E-state index is 0.186. The summed E-state index contributed by atoms with van der Waals surface area (Å²) in [4.78, 5) is 12.6. The molecule has 0 bridgehead atoms. The first-order valence-electron chi connectivity index (χ1n) is 8.33. The van der Waals surface area contributed by atoms with E-state index in [1.54, 1.807) is 31.2 Å². The van der Waals surface area contributed by atoms with Gasteiger partial charge in [-0.15, -0.1) is 0 Å². The Morgan fingerprint density at radius 1 is 1.15 bits per heavy atom. The molecule has 0 unspecified atom stereocenters. The van der Waals surface area contributed by atoms with E-state index in [2.05, 4.69) is 26.3 Å². The van der Waals surface area contributed by atoms with Crippen LogP contribution in [-0.2, 0) is 6.54 Å². The lowest BCUT2D eigenvalue weighted by Crippen LogP contribution is -2.23. The van der Waals surface area contributed by atoms with Gasteiger partial charge in [-0.2, -0.15) is 5.10 Å². The van der Waals surface area contributed by atoms with Gasteiger partial charge in [0.05, 0.1) is 37.4 Å². The lowest BCUT2D eigenvalue weighted by molar-refractivity contribution is 0.0950. The number of carbonyl (C=O) groups is 1. The van der Waals surface area contributed by atoms with E-state index in [9.17, 15) is 4.79 Å². The molecular weight excluding hydrogens is 410 g/mol. The number of methoxy groups -OCH3 is 2. The molecule has 140 valence electrons. The lowest BCUT2D eigenvalue weighted by atomic mass is 10.1. The van der Waals surface area contributed by atoms with E-state index in [4.69, 9.17) is 9.47 Å². The van der Waals surface area contributed by atoms with Gasteiger partial charge >= 0.3 is 0 Å². The normalized spacial score (nSPS) is 10.5. The number of aromatic nitrogens is 2. The molecule has 3 rings (SSSR count). The minimum atomic E-state index is -0.186. The Labute approximate surface area is 166 Å². The average molecular weight is 430 g/mol. The first-order chi connectivity index (χ1) is 13.0. The molecule has 0 spiro atoms. The number of benzene rings is 2. The van der Waals surface area contributed by atoms with E-state index in [0.29, 0.717) is 23.6 Å². The number of halogens is 1. The lowest BCUT2D eigenvalue weighted by Gasteiger charge is -2.11. The number of carbonyl (C=O) groups excluding carboxylic acids is 1. The molecule has 1 N–H and O–H groups in total. The van der Waals surface area contributed by atoms with Crippen molar-refractivity contribution in [3.63, 3.8) is 0 Å². The molecule has 27 heavy (non-hydrogen) atoms. The number of amides is 1. The van der Waals surface area contributed by atoms with Gasteiger partial charge in [-0.1, -0.05) is 15.9 Å². The fraction of sp³-hybridized carbons (Fsp3) is 0.200. The van der Waals surface area contributed by atoms with Crippen LogP contribution in [0.15, 0.2) is 53.1 Å². The van der Waals surface area contributed by atoms with Gasteiger partial charge in [0.15, 0.2) is 0 Å². The van der Waals surface area contributed by atoms with Crippen molar-refractivity contribution in [3.8, 4) is 17.2 Å². The smallest absolute Gasteiger partial charge is 0.255 e. The van der Waals surface area contributed by atoms with Crippen LogP contribution in [0.25, 0.3) is 5.69 Å². The first-order valence-corrected chi connectivity index (χ1v) is 9.12. The van der Waals surface area contributed by atoms with Gasteiger partial charge < -0.3 is 14.8 Å². The van der Waals surface area contributed by atoms with Gasteiger partial charge in [-0.25, -0.2) is 4.68 Å². The van der Waals surface area contributed by atoms with Gasteiger partial charge in [0, 0.05) is 22.6 Å². The Bertz CT molecular complexity index is 952. The molecule has 0 aliphatic heterocycles. The summed E-state index contributed by atoms with van der Waals surface area (Å²) in [5.74, 6) is 1.18. The highest BCUT2D eigenvalue weighted by Gasteiger charge is 2.16. The molecule has 1 aromatic heterocycles. The monoisotopic (exact) mass is 429 g/mol. The molecule has 0 radical (unpaired) electrons. The van der Waals surface area contributed by atoms with Crippen LogP contribution in [-0.4, -0.2) is 29.9 Å². The second-order valence-electron chi connectivity index (χ2n) is 5.89. The van der Waals surface area contributed by atoms with E-state index in [1.807, 2.05) is 43.3 Å². The Morgan fingerprint density at radius 3 is 2.56 bits per heavy atom. The van der Waals surface area contributed by atoms with Crippen LogP contribution in [0.1, 0.15) is 21.6 Å². The topological polar surface area (TPSA) is 65.4 Å². The molecule has 0 saturated heterocycles. The van der Waals surface area contributed by atoms with Crippen LogP contribution in [0, 0.1) is 6.92 Å². The third kappa shape index (κ3) is 4.14. The molecule has 0 aliphatic rings. The van der Waals surface area contributed by atoms with Crippen molar-refractivity contribution in [1.82, 2.24) is 15.1 Å². The van der Waals surface area contributed by atoms with Gasteiger partial charge in [0.25, 0.3) is 5.91 Å². The number of rotatable bonds is 6. The molecular formula is C20H20BrN3O3. The van der Waals surface area contributed by atoms with Crippen LogP contribution in [0.5, 0.6) is 11.5 Å². The van der Waals surface area contributed by atoms with E-state index < -0.39 is 0 Å². The third-order valence-electron chi connectivity index (χ3n) is 4.26. The molecule has 3 aromatic rings. The molecule has 0 saturated carbocycles. The first kappa shape index (κ1) is 19.0. The number of nitrogens with one attached hydrogen (secondary N) is 1. The summed E-state index contributed by atoms with van der Waals surface area (Å²) < 4.78 is 13.3. The summed E-state index contributed by atoms with van der Waals surface area (Å²) in [6.07, 6.45) is 1.58. The zero-order valence-electron chi connectivity index (χ0n) is 15.3. The zero-order chi connectivity index (χ0) is 19.4. The summed E-state index contributed by atoms with van der Waals surface area (Å²) in [6, 6.07) is 13.2. The van der Waals surface area contributed by atoms with Crippen LogP contribution >= 0.6 is 15.9 Å². The fourth-order valence-corrected chi connectivity index (χ4v) is 3.01. The third-order valence-corrected chi connectivity index (χ3v) is 4.79. The predicted molar refractivity (Wildman–Crippen MR) is 107 cm³/mol. The standard InChI is InChI=1S/C20H20BrN3O3/c1-13-18(12-23-24(13)16-7-5-15(21)6-8-16)20(25)22-11-14-4-9-17(26-2)10-19(14)27-3/h4-10,12H,11H2,1-3H3,(H,22,25). The summed E-state index contributed by atoms with van der Waals surface area (Å²) >= 11 is 3.42. The van der Waals surface area contributed by atoms with Crippen molar-refractivity contribution in [1.29, 1.82) is 0 Å². The molecule has 1 amide bonds. The average Bonchev–Trinajstić information content (AvgIpc) is 3.08. The highest BCUT2D eigenvalue weighted by atomic mass is 79.9. The Hall–Kier alpha value is -2.80. The summed E-state index contributed by atoms with van der Waals surface area (Å²) in [5.41, 5.74) is 3.07. The van der Waals surface area contributed by atoms with Gasteiger partial charge in [0.1, 0.15) is 11.5 Å². The number of hydrogen-bond acceptors (Lipinski definition) is 4. The summed E-state index contributed by atoms with van der Waals surface area (Å²) in [5, 5.41) is 7.27. The predicted octanol–water partition coefficient (Wildman–Crippen LogP) is 3.89. The molecule has 6 nitrogen and oxygen atoms in total. The Kier molecular flexibility index (Phi) is 5.81. The molecule has 0 fully saturated rings. The zero-order valence-corrected chi connectivity index (χ0v) is 16.9. The maximum Gasteiger partial charge on any atom is 0.255 e. The highest BCUT2D eigenvalue weighted by Crippen LogP contribution is 2.24. The molecule has 1 heterocycles. The quantitative estimate of drug-likeness (QED) is 0.645. The molecule has 0 atom stereocenters. The van der Waals surface area contributed by atoms with Crippen molar-refractivity contribution in [2.45, 2.75) is 13.5 Å². The Morgan fingerprint density at radius 2 is 1.89 bits per heavy atom. The maximum atomic E-state index is 12.6. The SMILES string of the molecule is COc1ccc(CNC(=O)c2cnn(-c3ccc(Br)cc3)c2C)c(OC)c1. The van der Waals surface area contributed by atoms with Crippen molar-refractivity contribution in [2.75, 3.05) is 14.2 Å². The Balaban J connectivity index is 1.75. The second kappa shape index (κ2) is 8.26. The number of hydrogen-bond donors (Lipinski definition) is 1. The van der Waals surface area contributed by atoms with E-state index in [-0.39, 0.29) is 5.91 Å². The van der Waals surface area contributed by atoms with Crippen LogP contribution in [0.4, 0.5) is 0 Å². The van der Waals surface area contributed by atoms with Crippen LogP contribution in [0.3, 0.4) is 0 Å². The highest BCUT2D eigenvalue weighted by molar-refractivity contribution is 9.10. The fourth-order valence-electron chi connectivity index (χ4n) is 2.74. The minimum Gasteiger partial charge on any atom is -0.497 e. The van der Waals surface area contributed by atoms with Crippen molar-refractivity contribution in [2.24, 2.45) is 0 Å². The largest absolute Gasteiger partial charge is 0.497 e. The molecule has 7 heteroatoms. The number of nitrogens with zero attached hydrogens (tertiary/aromatic N) is 2. The van der Waals surface area contributed by atoms with Gasteiger partial charge in [-0.05, 0) is 43.3 Å². The van der Waals surface area contributed by atoms with Crippen LogP contribution in [0.2, 0.25) is 0 Å².